The maximum Gasteiger partial charge on any atom is 0.416 e. The molecule has 3 aromatic rings. The van der Waals surface area contributed by atoms with Crippen LogP contribution in [-0.2, 0) is 12.6 Å². The minimum Gasteiger partial charge on any atom is -0.331 e. The van der Waals surface area contributed by atoms with Crippen LogP contribution in [-0.4, -0.2) is 30.5 Å². The minimum atomic E-state index is -4.41. The number of alkyl halides is 3. The first-order valence-corrected chi connectivity index (χ1v) is 10.5. The highest BCUT2D eigenvalue weighted by molar-refractivity contribution is 7.22. The highest BCUT2D eigenvalue weighted by atomic mass is 32.1. The zero-order valence-electron chi connectivity index (χ0n) is 17.5. The molecule has 9 heteroatoms. The van der Waals surface area contributed by atoms with E-state index in [9.17, 15) is 18.1 Å². The van der Waals surface area contributed by atoms with E-state index in [0.29, 0.717) is 38.7 Å². The van der Waals surface area contributed by atoms with Crippen LogP contribution in [0.2, 0.25) is 0 Å². The molecule has 0 unspecified atom stereocenters. The molecule has 0 fully saturated rings. The lowest BCUT2D eigenvalue weighted by Crippen LogP contribution is -2.13. The second-order valence-electron chi connectivity index (χ2n) is 7.62. The van der Waals surface area contributed by atoms with Crippen molar-refractivity contribution in [2.24, 2.45) is 5.18 Å². The summed E-state index contributed by atoms with van der Waals surface area (Å²) in [5.74, 6) is 0. The predicted molar refractivity (Wildman–Crippen MR) is 121 cm³/mol. The number of halogens is 3. The van der Waals surface area contributed by atoms with Gasteiger partial charge in [-0.1, -0.05) is 29.5 Å². The summed E-state index contributed by atoms with van der Waals surface area (Å²) in [7, 11) is 3.98. The molecule has 5 nitrogen and oxygen atoms in total. The van der Waals surface area contributed by atoms with Gasteiger partial charge in [-0.05, 0) is 75.4 Å². The Morgan fingerprint density at radius 2 is 2.00 bits per heavy atom. The fraction of sp³-hybridized carbons (Fsp3) is 0.318. The van der Waals surface area contributed by atoms with E-state index < -0.39 is 11.7 Å². The largest absolute Gasteiger partial charge is 0.416 e. The number of hydrogen-bond acceptors (Lipinski definition) is 6. The summed E-state index contributed by atoms with van der Waals surface area (Å²) in [6.07, 6.45) is -2.84. The first-order chi connectivity index (χ1) is 14.6. The first kappa shape index (κ1) is 22.9. The third-order valence-corrected chi connectivity index (χ3v) is 5.71. The molecule has 0 atom stereocenters. The number of nitrogens with one attached hydrogen (secondary N) is 1. The smallest absolute Gasteiger partial charge is 0.331 e. The van der Waals surface area contributed by atoms with Crippen LogP contribution in [0.3, 0.4) is 0 Å². The standard InChI is InChI=1S/C22H23F3N4OS/c1-13-10-15(6-5-9-29(3)4)20(28-30)17(11-13)14(2)26-21-27-18-8-7-16(22(23,24)25)12-19(18)31-21/h7-8,10-12H,2,5-6,9H2,1,3-4H3,(H,26,27). The van der Waals surface area contributed by atoms with Gasteiger partial charge in [-0.25, -0.2) is 4.98 Å². The summed E-state index contributed by atoms with van der Waals surface area (Å²) < 4.78 is 39.3. The number of benzene rings is 2. The molecule has 2 aromatic carbocycles. The average molecular weight is 449 g/mol. The number of rotatable bonds is 8. The monoisotopic (exact) mass is 448 g/mol. The second-order valence-corrected chi connectivity index (χ2v) is 8.65. The van der Waals surface area contributed by atoms with Crippen LogP contribution in [0.1, 0.15) is 28.7 Å². The lowest BCUT2D eigenvalue weighted by Gasteiger charge is -2.15. The molecule has 0 saturated heterocycles. The number of anilines is 1. The molecule has 0 saturated carbocycles. The molecule has 0 radical (unpaired) electrons. The van der Waals surface area contributed by atoms with Gasteiger partial charge in [-0.15, -0.1) is 4.91 Å². The van der Waals surface area contributed by atoms with Crippen molar-refractivity contribution in [1.29, 1.82) is 0 Å². The topological polar surface area (TPSA) is 57.6 Å². The normalized spacial score (nSPS) is 11.8. The van der Waals surface area contributed by atoms with E-state index in [2.05, 4.69) is 27.0 Å². The van der Waals surface area contributed by atoms with Crippen LogP contribution in [0, 0.1) is 11.8 Å². The quantitative estimate of drug-likeness (QED) is 0.395. The molecular formula is C22H23F3N4OS. The van der Waals surface area contributed by atoms with E-state index in [1.807, 2.05) is 33.2 Å². The van der Waals surface area contributed by atoms with E-state index in [0.717, 1.165) is 47.6 Å². The molecule has 1 N–H and O–H groups in total. The Morgan fingerprint density at radius 1 is 1.26 bits per heavy atom. The number of fused-ring (bicyclic) bond motifs is 1. The molecule has 3 rings (SSSR count). The van der Waals surface area contributed by atoms with Crippen molar-refractivity contribution >= 4 is 38.1 Å². The van der Waals surface area contributed by atoms with Gasteiger partial charge in [0, 0.05) is 11.3 Å². The van der Waals surface area contributed by atoms with Gasteiger partial charge in [-0.2, -0.15) is 13.2 Å². The molecule has 0 spiro atoms. The van der Waals surface area contributed by atoms with Crippen LogP contribution in [0.25, 0.3) is 15.9 Å². The van der Waals surface area contributed by atoms with Crippen molar-refractivity contribution in [2.75, 3.05) is 26.0 Å². The lowest BCUT2D eigenvalue weighted by molar-refractivity contribution is -0.137. The third kappa shape index (κ3) is 5.48. The zero-order valence-corrected chi connectivity index (χ0v) is 18.3. The molecule has 1 heterocycles. The summed E-state index contributed by atoms with van der Waals surface area (Å²) >= 11 is 1.09. The zero-order chi connectivity index (χ0) is 22.8. The number of nitroso groups, excluding NO2 is 1. The van der Waals surface area contributed by atoms with Gasteiger partial charge in [0.2, 0.25) is 0 Å². The maximum atomic E-state index is 13.0. The predicted octanol–water partition coefficient (Wildman–Crippen LogP) is 6.60. The van der Waals surface area contributed by atoms with Gasteiger partial charge in [-0.3, -0.25) is 0 Å². The third-order valence-electron chi connectivity index (χ3n) is 4.77. The molecule has 0 bridgehead atoms. The van der Waals surface area contributed by atoms with Crippen LogP contribution in [0.5, 0.6) is 0 Å². The van der Waals surface area contributed by atoms with Gasteiger partial charge in [0.1, 0.15) is 5.69 Å². The number of thiazole rings is 1. The van der Waals surface area contributed by atoms with Gasteiger partial charge < -0.3 is 10.2 Å². The molecule has 0 aliphatic rings. The van der Waals surface area contributed by atoms with Gasteiger partial charge in [0.25, 0.3) is 0 Å². The van der Waals surface area contributed by atoms with Crippen molar-refractivity contribution in [3.8, 4) is 0 Å². The second kappa shape index (κ2) is 9.15. The molecule has 1 aromatic heterocycles. The van der Waals surface area contributed by atoms with E-state index in [1.165, 1.54) is 6.07 Å². The Balaban J connectivity index is 1.87. The lowest BCUT2D eigenvalue weighted by atomic mass is 9.98. The first-order valence-electron chi connectivity index (χ1n) is 9.64. The highest BCUT2D eigenvalue weighted by Gasteiger charge is 2.30. The van der Waals surface area contributed by atoms with Gasteiger partial charge >= 0.3 is 6.18 Å². The molecular weight excluding hydrogens is 425 g/mol. The summed E-state index contributed by atoms with van der Waals surface area (Å²) in [5.41, 5.74) is 2.84. The number of aromatic nitrogens is 1. The average Bonchev–Trinajstić information content (AvgIpc) is 3.08. The van der Waals surface area contributed by atoms with Gasteiger partial charge in [0.05, 0.1) is 15.8 Å². The number of aryl methyl sites for hydroxylation is 2. The fourth-order valence-electron chi connectivity index (χ4n) is 3.32. The van der Waals surface area contributed by atoms with E-state index in [4.69, 9.17) is 0 Å². The van der Waals surface area contributed by atoms with E-state index >= 15 is 0 Å². The van der Waals surface area contributed by atoms with Crippen molar-refractivity contribution in [3.05, 3.63) is 64.1 Å². The van der Waals surface area contributed by atoms with Crippen LogP contribution < -0.4 is 5.32 Å². The highest BCUT2D eigenvalue weighted by Crippen LogP contribution is 2.36. The Labute approximate surface area is 182 Å². The molecule has 0 aliphatic heterocycles. The summed E-state index contributed by atoms with van der Waals surface area (Å²) in [6, 6.07) is 7.19. The molecule has 0 aliphatic carbocycles. The van der Waals surface area contributed by atoms with Crippen LogP contribution >= 0.6 is 11.3 Å². The molecule has 31 heavy (non-hydrogen) atoms. The Morgan fingerprint density at radius 3 is 2.65 bits per heavy atom. The van der Waals surface area contributed by atoms with Crippen molar-refractivity contribution in [1.82, 2.24) is 9.88 Å². The fourth-order valence-corrected chi connectivity index (χ4v) is 4.25. The maximum absolute atomic E-state index is 13.0. The van der Waals surface area contributed by atoms with Crippen molar-refractivity contribution in [3.63, 3.8) is 0 Å². The van der Waals surface area contributed by atoms with Gasteiger partial charge in [0.15, 0.2) is 5.13 Å². The number of nitrogens with zero attached hydrogens (tertiary/aromatic N) is 3. The molecule has 0 amide bonds. The van der Waals surface area contributed by atoms with Crippen LogP contribution in [0.4, 0.5) is 24.0 Å². The van der Waals surface area contributed by atoms with Crippen molar-refractivity contribution in [2.45, 2.75) is 25.9 Å². The van der Waals surface area contributed by atoms with Crippen molar-refractivity contribution < 1.29 is 13.2 Å². The summed E-state index contributed by atoms with van der Waals surface area (Å²) in [5, 5.41) is 6.68. The summed E-state index contributed by atoms with van der Waals surface area (Å²) in [4.78, 5) is 18.0. The SMILES string of the molecule is C=C(Nc1nc2ccc(C(F)(F)F)cc2s1)c1cc(C)cc(CCCN(C)C)c1N=O. The minimum absolute atomic E-state index is 0.322. The number of hydrogen-bond donors (Lipinski definition) is 1. The Kier molecular flexibility index (Phi) is 6.76. The molecule has 164 valence electrons. The Hall–Kier alpha value is -2.78. The summed E-state index contributed by atoms with van der Waals surface area (Å²) in [6.45, 7) is 6.82. The van der Waals surface area contributed by atoms with E-state index in [1.54, 1.807) is 0 Å². The van der Waals surface area contributed by atoms with Crippen LogP contribution in [0.15, 0.2) is 42.1 Å². The van der Waals surface area contributed by atoms with E-state index in [-0.39, 0.29) is 0 Å². The Bertz CT molecular complexity index is 1120.